The molecule has 0 aliphatic carbocycles. The number of amides is 7. The van der Waals surface area contributed by atoms with Gasteiger partial charge in [-0.3, -0.25) is 91.1 Å². The fourth-order valence-corrected chi connectivity index (χ4v) is 11.6. The molecule has 1 saturated heterocycles. The van der Waals surface area contributed by atoms with Crippen molar-refractivity contribution >= 4 is 123 Å². The summed E-state index contributed by atoms with van der Waals surface area (Å²) in [7, 11) is 0. The zero-order chi connectivity index (χ0) is 77.6. The largest absolute Gasteiger partial charge is 0.481 e. The van der Waals surface area contributed by atoms with Crippen LogP contribution in [0.2, 0.25) is 0 Å². The fraction of sp³-hybridized carbons (Fsp3) is 0.638. The molecule has 13 N–H and O–H groups in total. The predicted octanol–water partition coefficient (Wildman–Crippen LogP) is 1.46. The number of nitrogens with two attached hydrogens (primary N) is 1. The second-order valence-electron chi connectivity index (χ2n) is 25.9. The summed E-state index contributed by atoms with van der Waals surface area (Å²) in [5.74, 6) is -20.6. The van der Waals surface area contributed by atoms with Gasteiger partial charge >= 0.3 is 29.8 Å². The predicted molar refractivity (Wildman–Crippen MR) is 367 cm³/mol. The Bertz CT molecular complexity index is 3200. The molecule has 0 saturated carbocycles. The number of hydrogen-bond acceptors (Lipinski definition) is 22. The van der Waals surface area contributed by atoms with Crippen molar-refractivity contribution in [2.75, 3.05) is 38.3 Å². The smallest absolute Gasteiger partial charge is 0.303 e. The highest BCUT2D eigenvalue weighted by molar-refractivity contribution is 7.98. The normalized spacial score (nSPS) is 15.2. The summed E-state index contributed by atoms with van der Waals surface area (Å²) in [6.07, 6.45) is -6.71. The van der Waals surface area contributed by atoms with E-state index >= 15 is 0 Å². The highest BCUT2D eigenvalue weighted by Crippen LogP contribution is 2.23. The van der Waals surface area contributed by atoms with Crippen LogP contribution in [0.1, 0.15) is 185 Å². The van der Waals surface area contributed by atoms with Crippen molar-refractivity contribution < 1.29 is 121 Å². The average Bonchev–Trinajstić information content (AvgIpc) is 1.73. The van der Waals surface area contributed by atoms with E-state index < -0.39 is 237 Å². The number of hydrogen-bond donors (Lipinski definition) is 12. The standard InChI is InChI=1S/C69H100N8O25S/c1-7-45(79)35-71-65(97)39(4)31-55(82)51(37-103-6)72-58(85)22-21-54(81)49(30-38(2)3)76-69(101)52-10-8-28-77(52)59(86)36-102-29-9-11-53(80)50(32-41-12-14-42(15-13-41)40(5)78)75-67(99)44(17-24-61(89)90)34-56(83)47(19-26-63(93)94)73-66(98)43(16-23-60(87)88)33-57(84)48(20-27-64(95)96)74-68(100)46(70)18-25-62(91)92/h12-15,38-39,43-44,46-52H,7-11,16-37,70H2,1-6H3,(H,71,97)(H,72,85)(H,73,98)(H,74,100)(H,75,99)(H,76,101)(H,87,88)(H,89,90)(H,91,92)(H,93,94)(H,95,96)/t39-,43+,44+,46-,47-,48-,49+,50+,51+,52+/m1/s1. The number of aliphatic carboxylic acids is 5. The highest BCUT2D eigenvalue weighted by Gasteiger charge is 2.38. The van der Waals surface area contributed by atoms with E-state index in [9.17, 15) is 112 Å². The van der Waals surface area contributed by atoms with Crippen LogP contribution in [0.25, 0.3) is 0 Å². The maximum atomic E-state index is 14.4. The van der Waals surface area contributed by atoms with Gasteiger partial charge in [0.15, 0.2) is 40.5 Å². The van der Waals surface area contributed by atoms with Gasteiger partial charge in [-0.25, -0.2) is 0 Å². The maximum Gasteiger partial charge on any atom is 0.303 e. The molecule has 34 heteroatoms. The van der Waals surface area contributed by atoms with E-state index in [1.165, 1.54) is 54.8 Å². The molecule has 2 rings (SSSR count). The first-order chi connectivity index (χ1) is 48.5. The topological polar surface area (TPSA) is 536 Å². The van der Waals surface area contributed by atoms with E-state index in [2.05, 4.69) is 31.9 Å². The lowest BCUT2D eigenvalue weighted by molar-refractivity contribution is -0.142. The van der Waals surface area contributed by atoms with Crippen LogP contribution in [-0.4, -0.2) is 223 Å². The minimum Gasteiger partial charge on any atom is -0.481 e. The minimum absolute atomic E-state index is 0.0519. The van der Waals surface area contributed by atoms with Crippen molar-refractivity contribution in [1.29, 1.82) is 0 Å². The molecule has 0 unspecified atom stereocenters. The molecular weight excluding hydrogens is 1370 g/mol. The van der Waals surface area contributed by atoms with Crippen LogP contribution < -0.4 is 37.6 Å². The SMILES string of the molecule is CCC(=O)CNC(=O)[C@H](C)CC(=O)[C@H](CSC)NC(=O)CCC(=O)[C@H](CC(C)C)NC(=O)[C@@H]1CCCN1C(=O)COCCCC(=O)[C@H](Cc1ccc(C(C)=O)cc1)NC(=O)[C@@H](CCC(=O)O)CC(=O)[C@@H](CCC(=O)O)NC(=O)[C@@H](CCC(=O)O)CC(=O)[C@@H](CCC(=O)O)NC(=O)[C@H](N)CCC(=O)O. The summed E-state index contributed by atoms with van der Waals surface area (Å²) in [6, 6.07) is -3.38. The summed E-state index contributed by atoms with van der Waals surface area (Å²) in [6.45, 7) is 7.37. The molecule has 1 aromatic rings. The van der Waals surface area contributed by atoms with Crippen LogP contribution in [0, 0.1) is 23.7 Å². The number of ketones is 7. The van der Waals surface area contributed by atoms with Gasteiger partial charge in [0.1, 0.15) is 12.6 Å². The number of ether oxygens (including phenoxy) is 1. The summed E-state index contributed by atoms with van der Waals surface area (Å²) in [5, 5.41) is 62.4. The monoisotopic (exact) mass is 1470 g/mol. The molecule has 7 amide bonds. The number of carbonyl (C=O) groups is 19. The third-order valence-corrected chi connectivity index (χ3v) is 17.6. The highest BCUT2D eigenvalue weighted by atomic mass is 32.2. The molecule has 0 spiro atoms. The Morgan fingerprint density at radius 1 is 0.563 bits per heavy atom. The molecule has 10 atom stereocenters. The van der Waals surface area contributed by atoms with Crippen molar-refractivity contribution in [3.05, 3.63) is 35.4 Å². The number of thioether (sulfide) groups is 1. The quantitative estimate of drug-likeness (QED) is 0.0324. The number of carboxylic acid groups (broad SMARTS) is 5. The molecule has 0 radical (unpaired) electrons. The number of carbonyl (C=O) groups excluding carboxylic acids is 14. The fourth-order valence-electron chi connectivity index (χ4n) is 11.0. The Morgan fingerprint density at radius 2 is 1.06 bits per heavy atom. The Kier molecular flexibility index (Phi) is 41.2. The van der Waals surface area contributed by atoms with Gasteiger partial charge in [-0.1, -0.05) is 52.0 Å². The van der Waals surface area contributed by atoms with E-state index in [1.54, 1.807) is 13.2 Å². The average molecular weight is 1470 g/mol. The molecule has 1 aliphatic rings. The summed E-state index contributed by atoms with van der Waals surface area (Å²) >= 11 is 1.28. The Hall–Kier alpha value is -9.18. The number of nitrogens with one attached hydrogen (secondary N) is 6. The van der Waals surface area contributed by atoms with E-state index in [1.807, 2.05) is 13.8 Å². The Labute approximate surface area is 600 Å². The maximum absolute atomic E-state index is 14.4. The van der Waals surface area contributed by atoms with E-state index in [-0.39, 0.29) is 107 Å². The van der Waals surface area contributed by atoms with E-state index in [0.717, 1.165) is 0 Å². The molecule has 1 aliphatic heterocycles. The Balaban J connectivity index is 2.30. The molecule has 1 heterocycles. The van der Waals surface area contributed by atoms with Gasteiger partial charge in [0.05, 0.1) is 42.8 Å². The minimum atomic E-state index is -1.79. The molecule has 0 aromatic heterocycles. The number of rotatable bonds is 55. The van der Waals surface area contributed by atoms with Crippen LogP contribution in [-0.2, 0) is 97.5 Å². The van der Waals surface area contributed by atoms with Crippen LogP contribution >= 0.6 is 11.8 Å². The second-order valence-corrected chi connectivity index (χ2v) is 26.8. The van der Waals surface area contributed by atoms with Gasteiger partial charge < -0.3 is 72.8 Å². The summed E-state index contributed by atoms with van der Waals surface area (Å²) in [4.78, 5) is 247. The van der Waals surface area contributed by atoms with Crippen molar-refractivity contribution in [2.45, 2.75) is 218 Å². The number of carboxylic acids is 5. The first kappa shape index (κ1) is 89.9. The molecular formula is C69H100N8O25S. The zero-order valence-corrected chi connectivity index (χ0v) is 59.9. The van der Waals surface area contributed by atoms with Gasteiger partial charge in [0.25, 0.3) is 0 Å². The first-order valence-corrected chi connectivity index (χ1v) is 35.6. The summed E-state index contributed by atoms with van der Waals surface area (Å²) < 4.78 is 5.68. The Morgan fingerprint density at radius 3 is 1.56 bits per heavy atom. The molecule has 572 valence electrons. The van der Waals surface area contributed by atoms with Crippen LogP contribution in [0.15, 0.2) is 24.3 Å². The van der Waals surface area contributed by atoms with Gasteiger partial charge in [0.2, 0.25) is 41.4 Å². The van der Waals surface area contributed by atoms with Crippen LogP contribution in [0.4, 0.5) is 0 Å². The van der Waals surface area contributed by atoms with Gasteiger partial charge in [-0.2, -0.15) is 11.8 Å². The van der Waals surface area contributed by atoms with Crippen molar-refractivity contribution in [1.82, 2.24) is 36.8 Å². The number of Topliss-reactive ketones (excluding diaryl/α,β-unsaturated/α-hetero) is 7. The number of likely N-dealkylation sites (tertiary alicyclic amines) is 1. The third-order valence-electron chi connectivity index (χ3n) is 17.0. The van der Waals surface area contributed by atoms with E-state index in [0.29, 0.717) is 17.5 Å². The molecule has 33 nitrogen and oxygen atoms in total. The second kappa shape index (κ2) is 47.2. The van der Waals surface area contributed by atoms with Gasteiger partial charge in [0, 0.05) is 119 Å². The van der Waals surface area contributed by atoms with E-state index in [4.69, 9.17) is 15.6 Å². The van der Waals surface area contributed by atoms with Crippen LogP contribution in [0.5, 0.6) is 0 Å². The first-order valence-electron chi connectivity index (χ1n) is 34.2. The van der Waals surface area contributed by atoms with Gasteiger partial charge in [-0.05, 0) is 88.9 Å². The van der Waals surface area contributed by atoms with Gasteiger partial charge in [-0.15, -0.1) is 0 Å². The zero-order valence-electron chi connectivity index (χ0n) is 59.1. The molecule has 0 bridgehead atoms. The lowest BCUT2D eigenvalue weighted by Gasteiger charge is -2.27. The molecule has 1 aromatic carbocycles. The lowest BCUT2D eigenvalue weighted by Crippen LogP contribution is -2.52. The van der Waals surface area contributed by atoms with Crippen LogP contribution in [0.3, 0.4) is 0 Å². The third kappa shape index (κ3) is 35.5. The number of benzene rings is 1. The lowest BCUT2D eigenvalue weighted by atomic mass is 9.89. The summed E-state index contributed by atoms with van der Waals surface area (Å²) in [5.41, 5.74) is 6.53. The van der Waals surface area contributed by atoms with Crippen molar-refractivity contribution in [2.24, 2.45) is 29.4 Å². The molecule has 1 fully saturated rings. The van der Waals surface area contributed by atoms with Crippen molar-refractivity contribution in [3.8, 4) is 0 Å². The molecule has 103 heavy (non-hydrogen) atoms. The van der Waals surface area contributed by atoms with Crippen molar-refractivity contribution in [3.63, 3.8) is 0 Å². The number of nitrogens with zero attached hydrogens (tertiary/aromatic N) is 1.